The van der Waals surface area contributed by atoms with E-state index in [-0.39, 0.29) is 17.7 Å². The highest BCUT2D eigenvalue weighted by Crippen LogP contribution is 2.14. The summed E-state index contributed by atoms with van der Waals surface area (Å²) in [6.07, 6.45) is 0.188. The topological polar surface area (TPSA) is 80.4 Å². The Morgan fingerprint density at radius 3 is 2.33 bits per heavy atom. The highest BCUT2D eigenvalue weighted by Gasteiger charge is 2.07. The van der Waals surface area contributed by atoms with Crippen LogP contribution in [0.3, 0.4) is 0 Å². The molecule has 0 unspecified atom stereocenters. The van der Waals surface area contributed by atoms with Crippen molar-refractivity contribution in [1.82, 2.24) is 0 Å². The molecule has 0 saturated heterocycles. The van der Waals surface area contributed by atoms with Gasteiger partial charge in [0.15, 0.2) is 0 Å². The van der Waals surface area contributed by atoms with E-state index in [0.717, 1.165) is 0 Å². The van der Waals surface area contributed by atoms with Crippen LogP contribution >= 0.6 is 0 Å². The zero-order valence-corrected chi connectivity index (χ0v) is 7.84. The van der Waals surface area contributed by atoms with Crippen molar-refractivity contribution in [3.63, 3.8) is 0 Å². The molecular formula is C10H9NO4. The number of nitrogens with zero attached hydrogens (tertiary/aromatic N) is 1. The normalized spacial score (nSPS) is 9.60. The van der Waals surface area contributed by atoms with Gasteiger partial charge in [0, 0.05) is 24.1 Å². The number of nitro groups is 1. The Bertz CT molecular complexity index is 408. The molecule has 1 rings (SSSR count). The number of rotatable bonds is 4. The molecule has 5 heteroatoms. The van der Waals surface area contributed by atoms with Crippen molar-refractivity contribution >= 4 is 11.7 Å². The molecule has 0 fully saturated rings. The van der Waals surface area contributed by atoms with Gasteiger partial charge in [0.05, 0.1) is 4.92 Å². The van der Waals surface area contributed by atoms with Crippen LogP contribution in [-0.2, 0) is 11.2 Å². The van der Waals surface area contributed by atoms with Crippen molar-refractivity contribution in [3.8, 4) is 0 Å². The van der Waals surface area contributed by atoms with Crippen LogP contribution < -0.4 is 0 Å². The maximum absolute atomic E-state index is 10.5. The first-order valence-corrected chi connectivity index (χ1v) is 4.15. The number of non-ortho nitro benzene ring substituents is 1. The summed E-state index contributed by atoms with van der Waals surface area (Å²) in [6, 6.07) is 5.72. The van der Waals surface area contributed by atoms with Crippen LogP contribution in [0.1, 0.15) is 5.56 Å². The molecule has 0 aliphatic carbocycles. The minimum atomic E-state index is -1.06. The molecule has 1 aromatic rings. The second-order valence-electron chi connectivity index (χ2n) is 3.01. The Morgan fingerprint density at radius 1 is 1.40 bits per heavy atom. The third-order valence-corrected chi connectivity index (χ3v) is 1.87. The Kier molecular flexibility index (Phi) is 3.17. The van der Waals surface area contributed by atoms with Gasteiger partial charge in [-0.3, -0.25) is 10.1 Å². The van der Waals surface area contributed by atoms with Gasteiger partial charge in [0.1, 0.15) is 0 Å². The van der Waals surface area contributed by atoms with Gasteiger partial charge >= 0.3 is 5.97 Å². The second kappa shape index (κ2) is 4.36. The summed E-state index contributed by atoms with van der Waals surface area (Å²) in [5, 5.41) is 18.9. The molecule has 0 amide bonds. The fraction of sp³-hybridized carbons (Fsp3) is 0.100. The van der Waals surface area contributed by atoms with Gasteiger partial charge in [-0.25, -0.2) is 4.79 Å². The van der Waals surface area contributed by atoms with Crippen molar-refractivity contribution in [3.05, 3.63) is 52.1 Å². The van der Waals surface area contributed by atoms with Gasteiger partial charge < -0.3 is 5.11 Å². The fourth-order valence-electron chi connectivity index (χ4n) is 1.06. The molecular weight excluding hydrogens is 198 g/mol. The molecule has 0 radical (unpaired) electrons. The standard InChI is InChI=1S/C10H9NO4/c1-7(10(12)13)6-8-2-4-9(5-3-8)11(14)15/h2-5H,1,6H2,(H,12,13). The van der Waals surface area contributed by atoms with Gasteiger partial charge in [-0.05, 0) is 5.56 Å². The maximum atomic E-state index is 10.5. The molecule has 0 atom stereocenters. The third kappa shape index (κ3) is 2.91. The van der Waals surface area contributed by atoms with Gasteiger partial charge in [0.2, 0.25) is 0 Å². The number of carboxylic acids is 1. The minimum Gasteiger partial charge on any atom is -0.478 e. The van der Waals surface area contributed by atoms with Crippen molar-refractivity contribution in [1.29, 1.82) is 0 Å². The SMILES string of the molecule is C=C(Cc1ccc([N+](=O)[O-])cc1)C(=O)O. The first-order chi connectivity index (χ1) is 7.00. The van der Waals surface area contributed by atoms with E-state index >= 15 is 0 Å². The first-order valence-electron chi connectivity index (χ1n) is 4.15. The molecule has 1 aromatic carbocycles. The lowest BCUT2D eigenvalue weighted by Gasteiger charge is -2.00. The maximum Gasteiger partial charge on any atom is 0.331 e. The monoisotopic (exact) mass is 207 g/mol. The van der Waals surface area contributed by atoms with E-state index in [1.807, 2.05) is 0 Å². The van der Waals surface area contributed by atoms with Gasteiger partial charge in [-0.15, -0.1) is 0 Å². The summed E-state index contributed by atoms with van der Waals surface area (Å²) >= 11 is 0. The number of hydrogen-bond acceptors (Lipinski definition) is 3. The summed E-state index contributed by atoms with van der Waals surface area (Å²) in [5.74, 6) is -1.06. The van der Waals surface area contributed by atoms with E-state index < -0.39 is 10.9 Å². The summed E-state index contributed by atoms with van der Waals surface area (Å²) in [6.45, 7) is 3.37. The molecule has 0 aliphatic heterocycles. The number of hydrogen-bond donors (Lipinski definition) is 1. The summed E-state index contributed by atoms with van der Waals surface area (Å²) in [4.78, 5) is 20.3. The lowest BCUT2D eigenvalue weighted by molar-refractivity contribution is -0.384. The van der Waals surface area contributed by atoms with Crippen LogP contribution in [0.15, 0.2) is 36.4 Å². The number of carboxylic acid groups (broad SMARTS) is 1. The highest BCUT2D eigenvalue weighted by molar-refractivity contribution is 5.86. The smallest absolute Gasteiger partial charge is 0.331 e. The Balaban J connectivity index is 2.77. The highest BCUT2D eigenvalue weighted by atomic mass is 16.6. The van der Waals surface area contributed by atoms with Gasteiger partial charge in [-0.1, -0.05) is 18.7 Å². The molecule has 1 N–H and O–H groups in total. The second-order valence-corrected chi connectivity index (χ2v) is 3.01. The minimum absolute atomic E-state index is 0.0142. The largest absolute Gasteiger partial charge is 0.478 e. The molecule has 78 valence electrons. The average molecular weight is 207 g/mol. The Labute approximate surface area is 85.8 Å². The summed E-state index contributed by atoms with van der Waals surface area (Å²) in [5.41, 5.74) is 0.733. The van der Waals surface area contributed by atoms with E-state index in [9.17, 15) is 14.9 Å². The van der Waals surface area contributed by atoms with Crippen LogP contribution in [0.25, 0.3) is 0 Å². The van der Waals surface area contributed by atoms with Crippen LogP contribution in [0.4, 0.5) is 5.69 Å². The molecule has 0 heterocycles. The predicted molar refractivity (Wildman–Crippen MR) is 53.6 cm³/mol. The van der Waals surface area contributed by atoms with Crippen molar-refractivity contribution in [2.45, 2.75) is 6.42 Å². The first kappa shape index (κ1) is 10.9. The van der Waals surface area contributed by atoms with Crippen molar-refractivity contribution < 1.29 is 14.8 Å². The zero-order valence-electron chi connectivity index (χ0n) is 7.84. The third-order valence-electron chi connectivity index (χ3n) is 1.87. The predicted octanol–water partition coefficient (Wildman–Crippen LogP) is 1.78. The molecule has 15 heavy (non-hydrogen) atoms. The molecule has 0 saturated carbocycles. The number of carbonyl (C=O) groups is 1. The average Bonchev–Trinajstić information content (AvgIpc) is 2.18. The van der Waals surface area contributed by atoms with E-state index in [0.29, 0.717) is 5.56 Å². The van der Waals surface area contributed by atoms with Crippen molar-refractivity contribution in [2.24, 2.45) is 0 Å². The lowest BCUT2D eigenvalue weighted by Crippen LogP contribution is -2.02. The van der Waals surface area contributed by atoms with Crippen LogP contribution in [0.5, 0.6) is 0 Å². The summed E-state index contributed by atoms with van der Waals surface area (Å²) < 4.78 is 0. The molecule has 0 spiro atoms. The van der Waals surface area contributed by atoms with E-state index in [4.69, 9.17) is 5.11 Å². The number of aliphatic carboxylic acids is 1. The molecule has 0 aromatic heterocycles. The van der Waals surface area contributed by atoms with E-state index in [2.05, 4.69) is 6.58 Å². The Hall–Kier alpha value is -2.17. The zero-order chi connectivity index (χ0) is 11.4. The van der Waals surface area contributed by atoms with E-state index in [1.54, 1.807) is 0 Å². The number of nitro benzene ring substituents is 1. The van der Waals surface area contributed by atoms with Gasteiger partial charge in [-0.2, -0.15) is 0 Å². The van der Waals surface area contributed by atoms with Crippen LogP contribution in [0.2, 0.25) is 0 Å². The number of benzene rings is 1. The summed E-state index contributed by atoms with van der Waals surface area (Å²) in [7, 11) is 0. The molecule has 0 aliphatic rings. The Morgan fingerprint density at radius 2 is 1.93 bits per heavy atom. The van der Waals surface area contributed by atoms with Crippen molar-refractivity contribution in [2.75, 3.05) is 0 Å². The lowest BCUT2D eigenvalue weighted by atomic mass is 10.1. The fourth-order valence-corrected chi connectivity index (χ4v) is 1.06. The van der Waals surface area contributed by atoms with Gasteiger partial charge in [0.25, 0.3) is 5.69 Å². The van der Waals surface area contributed by atoms with E-state index in [1.165, 1.54) is 24.3 Å². The van der Waals surface area contributed by atoms with Crippen LogP contribution in [-0.4, -0.2) is 16.0 Å². The molecule has 5 nitrogen and oxygen atoms in total. The molecule has 0 bridgehead atoms. The quantitative estimate of drug-likeness (QED) is 0.463. The van der Waals surface area contributed by atoms with Crippen LogP contribution in [0, 0.1) is 10.1 Å².